The first-order valence-electron chi connectivity index (χ1n) is 5.38. The summed E-state index contributed by atoms with van der Waals surface area (Å²) in [5, 5.41) is 6.53. The Hall–Kier alpha value is -1.42. The van der Waals surface area contributed by atoms with Gasteiger partial charge in [-0.1, -0.05) is 6.92 Å². The molecule has 2 aromatic heterocycles. The average Bonchev–Trinajstić information content (AvgIpc) is 2.79. The van der Waals surface area contributed by atoms with E-state index in [-0.39, 0.29) is 6.04 Å². The topological polar surface area (TPSA) is 37.8 Å². The molecule has 16 heavy (non-hydrogen) atoms. The number of pyridine rings is 1. The summed E-state index contributed by atoms with van der Waals surface area (Å²) in [6, 6.07) is 4.31. The van der Waals surface area contributed by atoms with Crippen LogP contribution >= 0.6 is 11.3 Å². The Morgan fingerprint density at radius 2 is 2.25 bits per heavy atom. The van der Waals surface area contributed by atoms with Crippen LogP contribution in [-0.2, 0) is 0 Å². The van der Waals surface area contributed by atoms with Crippen molar-refractivity contribution in [3.63, 3.8) is 0 Å². The Kier molecular flexibility index (Phi) is 3.51. The van der Waals surface area contributed by atoms with E-state index in [1.54, 1.807) is 11.3 Å². The summed E-state index contributed by atoms with van der Waals surface area (Å²) in [6.07, 6.45) is 4.67. The summed E-state index contributed by atoms with van der Waals surface area (Å²) in [4.78, 5) is 8.64. The van der Waals surface area contributed by atoms with Gasteiger partial charge in [0.25, 0.3) is 0 Å². The van der Waals surface area contributed by atoms with Crippen molar-refractivity contribution in [3.8, 4) is 0 Å². The van der Waals surface area contributed by atoms with Gasteiger partial charge in [-0.3, -0.25) is 0 Å². The Labute approximate surface area is 99.6 Å². The van der Waals surface area contributed by atoms with Crippen LogP contribution in [0, 0.1) is 6.92 Å². The Morgan fingerprint density at radius 1 is 1.38 bits per heavy atom. The second kappa shape index (κ2) is 5.07. The Balaban J connectivity index is 2.13. The fraction of sp³-hybridized carbons (Fsp3) is 0.333. The minimum Gasteiger partial charge on any atom is -0.361 e. The number of hydrogen-bond acceptors (Lipinski definition) is 4. The number of rotatable bonds is 4. The standard InChI is InChI=1S/C12H15N3S/c1-3-10(12-14-6-7-16-12)15-11-8-9(2)4-5-13-11/h4-8,10H,3H2,1-2H3,(H,13,15). The van der Waals surface area contributed by atoms with E-state index in [4.69, 9.17) is 0 Å². The van der Waals surface area contributed by atoms with Crippen LogP contribution in [0.4, 0.5) is 5.82 Å². The predicted molar refractivity (Wildman–Crippen MR) is 67.7 cm³/mol. The lowest BCUT2D eigenvalue weighted by atomic mass is 10.2. The molecule has 3 nitrogen and oxygen atoms in total. The van der Waals surface area contributed by atoms with E-state index in [1.165, 1.54) is 5.56 Å². The van der Waals surface area contributed by atoms with Crippen molar-refractivity contribution in [2.24, 2.45) is 0 Å². The van der Waals surface area contributed by atoms with Gasteiger partial charge in [0.05, 0.1) is 6.04 Å². The van der Waals surface area contributed by atoms with Gasteiger partial charge in [-0.25, -0.2) is 9.97 Å². The van der Waals surface area contributed by atoms with Gasteiger partial charge in [0.15, 0.2) is 0 Å². The highest BCUT2D eigenvalue weighted by Gasteiger charge is 2.11. The van der Waals surface area contributed by atoms with Gasteiger partial charge in [0, 0.05) is 17.8 Å². The molecule has 0 spiro atoms. The molecule has 0 fully saturated rings. The molecule has 1 unspecified atom stereocenters. The third kappa shape index (κ3) is 2.58. The fourth-order valence-corrected chi connectivity index (χ4v) is 2.31. The molecule has 0 aliphatic rings. The monoisotopic (exact) mass is 233 g/mol. The van der Waals surface area contributed by atoms with E-state index in [0.717, 1.165) is 17.2 Å². The van der Waals surface area contributed by atoms with E-state index in [0.29, 0.717) is 0 Å². The lowest BCUT2D eigenvalue weighted by Crippen LogP contribution is -2.10. The number of aromatic nitrogens is 2. The average molecular weight is 233 g/mol. The van der Waals surface area contributed by atoms with Crippen LogP contribution in [0.2, 0.25) is 0 Å². The maximum absolute atomic E-state index is 4.33. The maximum Gasteiger partial charge on any atom is 0.126 e. The second-order valence-corrected chi connectivity index (χ2v) is 4.62. The van der Waals surface area contributed by atoms with Crippen molar-refractivity contribution in [3.05, 3.63) is 40.5 Å². The molecular formula is C12H15N3S. The highest BCUT2D eigenvalue weighted by molar-refractivity contribution is 7.09. The molecule has 0 aliphatic carbocycles. The van der Waals surface area contributed by atoms with Crippen LogP contribution in [0.5, 0.6) is 0 Å². The summed E-state index contributed by atoms with van der Waals surface area (Å²) >= 11 is 1.68. The number of aryl methyl sites for hydroxylation is 1. The molecule has 0 radical (unpaired) electrons. The van der Waals surface area contributed by atoms with Crippen LogP contribution in [0.15, 0.2) is 29.9 Å². The summed E-state index contributed by atoms with van der Waals surface area (Å²) < 4.78 is 0. The van der Waals surface area contributed by atoms with Crippen LogP contribution in [0.25, 0.3) is 0 Å². The number of anilines is 1. The highest BCUT2D eigenvalue weighted by atomic mass is 32.1. The zero-order valence-corrected chi connectivity index (χ0v) is 10.3. The highest BCUT2D eigenvalue weighted by Crippen LogP contribution is 2.23. The van der Waals surface area contributed by atoms with Gasteiger partial charge in [-0.15, -0.1) is 11.3 Å². The van der Waals surface area contributed by atoms with Gasteiger partial charge in [-0.05, 0) is 31.0 Å². The van der Waals surface area contributed by atoms with Gasteiger partial charge < -0.3 is 5.32 Å². The van der Waals surface area contributed by atoms with E-state index in [2.05, 4.69) is 35.2 Å². The molecule has 1 atom stereocenters. The minimum atomic E-state index is 0.259. The minimum absolute atomic E-state index is 0.259. The van der Waals surface area contributed by atoms with Crippen LogP contribution < -0.4 is 5.32 Å². The summed E-state index contributed by atoms with van der Waals surface area (Å²) in [7, 11) is 0. The van der Waals surface area contributed by atoms with Crippen molar-refractivity contribution >= 4 is 17.2 Å². The smallest absolute Gasteiger partial charge is 0.126 e. The van der Waals surface area contributed by atoms with Crippen LogP contribution in [-0.4, -0.2) is 9.97 Å². The second-order valence-electron chi connectivity index (χ2n) is 3.69. The predicted octanol–water partition coefficient (Wildman–Crippen LogP) is 3.41. The lowest BCUT2D eigenvalue weighted by Gasteiger charge is -2.15. The Bertz CT molecular complexity index is 439. The number of hydrogen-bond donors (Lipinski definition) is 1. The van der Waals surface area contributed by atoms with Gasteiger partial charge in [-0.2, -0.15) is 0 Å². The van der Waals surface area contributed by atoms with E-state index in [1.807, 2.05) is 23.8 Å². The van der Waals surface area contributed by atoms with E-state index in [9.17, 15) is 0 Å². The zero-order chi connectivity index (χ0) is 11.4. The van der Waals surface area contributed by atoms with E-state index < -0.39 is 0 Å². The molecule has 4 heteroatoms. The summed E-state index contributed by atoms with van der Waals surface area (Å²) in [6.45, 7) is 4.21. The molecule has 2 rings (SSSR count). The number of thiazole rings is 1. The van der Waals surface area contributed by atoms with Crippen molar-refractivity contribution < 1.29 is 0 Å². The van der Waals surface area contributed by atoms with Crippen molar-refractivity contribution in [1.29, 1.82) is 0 Å². The third-order valence-electron chi connectivity index (χ3n) is 2.40. The normalized spacial score (nSPS) is 12.4. The van der Waals surface area contributed by atoms with Crippen molar-refractivity contribution in [2.75, 3.05) is 5.32 Å². The first-order valence-corrected chi connectivity index (χ1v) is 6.26. The molecule has 0 bridgehead atoms. The van der Waals surface area contributed by atoms with Crippen molar-refractivity contribution in [2.45, 2.75) is 26.3 Å². The molecule has 84 valence electrons. The molecule has 0 amide bonds. The van der Waals surface area contributed by atoms with Gasteiger partial charge in [0.1, 0.15) is 10.8 Å². The zero-order valence-electron chi connectivity index (χ0n) is 9.47. The number of nitrogens with zero attached hydrogens (tertiary/aromatic N) is 2. The first-order chi connectivity index (χ1) is 7.79. The molecule has 2 heterocycles. The van der Waals surface area contributed by atoms with Gasteiger partial charge >= 0.3 is 0 Å². The third-order valence-corrected chi connectivity index (χ3v) is 3.28. The first kappa shape index (κ1) is 11.1. The molecule has 0 aliphatic heterocycles. The molecule has 0 saturated carbocycles. The van der Waals surface area contributed by atoms with Crippen molar-refractivity contribution in [1.82, 2.24) is 9.97 Å². The molecular weight excluding hydrogens is 218 g/mol. The van der Waals surface area contributed by atoms with Gasteiger partial charge in [0.2, 0.25) is 0 Å². The quantitative estimate of drug-likeness (QED) is 0.879. The molecule has 2 aromatic rings. The maximum atomic E-state index is 4.33. The molecule has 1 N–H and O–H groups in total. The summed E-state index contributed by atoms with van der Waals surface area (Å²) in [5.41, 5.74) is 1.21. The Morgan fingerprint density at radius 3 is 2.88 bits per heavy atom. The number of nitrogens with one attached hydrogen (secondary N) is 1. The van der Waals surface area contributed by atoms with Crippen LogP contribution in [0.3, 0.4) is 0 Å². The SMILES string of the molecule is CCC(Nc1cc(C)ccn1)c1nccs1. The molecule has 0 aromatic carbocycles. The largest absolute Gasteiger partial charge is 0.361 e. The van der Waals surface area contributed by atoms with E-state index >= 15 is 0 Å². The summed E-state index contributed by atoms with van der Waals surface area (Å²) in [5.74, 6) is 0.919. The van der Waals surface area contributed by atoms with Crippen LogP contribution in [0.1, 0.15) is 30.0 Å². The molecule has 0 saturated heterocycles. The lowest BCUT2D eigenvalue weighted by molar-refractivity contribution is 0.737. The fourth-order valence-electron chi connectivity index (χ4n) is 1.54.